The van der Waals surface area contributed by atoms with Crippen molar-refractivity contribution in [1.29, 1.82) is 0 Å². The van der Waals surface area contributed by atoms with Gasteiger partial charge < -0.3 is 14.2 Å². The van der Waals surface area contributed by atoms with Gasteiger partial charge in [-0.15, -0.1) is 0 Å². The molecule has 0 fully saturated rings. The molecule has 1 unspecified atom stereocenters. The van der Waals surface area contributed by atoms with Crippen LogP contribution in [0.5, 0.6) is 11.5 Å². The van der Waals surface area contributed by atoms with Crippen LogP contribution in [0.25, 0.3) is 0 Å². The van der Waals surface area contributed by atoms with Gasteiger partial charge in [0.05, 0.1) is 24.3 Å². The average Bonchev–Trinajstić information content (AvgIpc) is 2.86. The first-order valence-corrected chi connectivity index (χ1v) is 12.8. The second-order valence-corrected chi connectivity index (χ2v) is 8.87. The molecule has 2 aromatic rings. The molecule has 0 aliphatic carbocycles. The first kappa shape index (κ1) is 27.4. The fraction of sp³-hybridized carbons (Fsp3) is 0.517. The molecule has 0 saturated heterocycles. The summed E-state index contributed by atoms with van der Waals surface area (Å²) in [5.74, 6) is 0.617. The number of unbranched alkanes of at least 4 members (excludes halogenated alkanes) is 7. The zero-order chi connectivity index (χ0) is 24.6. The maximum Gasteiger partial charge on any atom is 0.343 e. The fourth-order valence-corrected chi connectivity index (χ4v) is 3.36. The van der Waals surface area contributed by atoms with Gasteiger partial charge in [0.1, 0.15) is 11.5 Å². The number of carbonyl (C=O) groups is 2. The zero-order valence-corrected chi connectivity index (χ0v) is 21.0. The zero-order valence-electron chi connectivity index (χ0n) is 21.0. The Hall–Kier alpha value is -2.82. The summed E-state index contributed by atoms with van der Waals surface area (Å²) in [5.41, 5.74) is 0.873. The molecule has 0 radical (unpaired) electrons. The lowest BCUT2D eigenvalue weighted by Gasteiger charge is -2.10. The van der Waals surface area contributed by atoms with E-state index in [1.54, 1.807) is 48.5 Å². The first-order valence-electron chi connectivity index (χ1n) is 12.8. The summed E-state index contributed by atoms with van der Waals surface area (Å²) in [5, 5.41) is 0. The Kier molecular flexibility index (Phi) is 12.8. The first-order chi connectivity index (χ1) is 16.5. The number of ether oxygens (including phenoxy) is 3. The number of esters is 2. The molecule has 0 aromatic heterocycles. The van der Waals surface area contributed by atoms with Gasteiger partial charge in [0.15, 0.2) is 0 Å². The number of carbonyl (C=O) groups excluding carboxylic acids is 2. The van der Waals surface area contributed by atoms with E-state index in [2.05, 4.69) is 13.8 Å². The Labute approximate surface area is 204 Å². The van der Waals surface area contributed by atoms with Crippen LogP contribution >= 0.6 is 0 Å². The summed E-state index contributed by atoms with van der Waals surface area (Å²) in [4.78, 5) is 24.5. The Bertz CT molecular complexity index is 842. The van der Waals surface area contributed by atoms with Crippen molar-refractivity contribution in [3.63, 3.8) is 0 Å². The van der Waals surface area contributed by atoms with E-state index in [-0.39, 0.29) is 5.97 Å². The third-order valence-corrected chi connectivity index (χ3v) is 5.85. The summed E-state index contributed by atoms with van der Waals surface area (Å²) in [7, 11) is 0. The molecular weight excluding hydrogens is 428 g/mol. The highest BCUT2D eigenvalue weighted by atomic mass is 16.5. The van der Waals surface area contributed by atoms with Crippen LogP contribution in [0.2, 0.25) is 0 Å². The third-order valence-electron chi connectivity index (χ3n) is 5.85. The molecule has 0 N–H and O–H groups in total. The highest BCUT2D eigenvalue weighted by molar-refractivity contribution is 5.92. The van der Waals surface area contributed by atoms with Gasteiger partial charge in [-0.3, -0.25) is 0 Å². The normalized spacial score (nSPS) is 11.6. The van der Waals surface area contributed by atoms with Crippen LogP contribution < -0.4 is 9.47 Å². The topological polar surface area (TPSA) is 61.8 Å². The van der Waals surface area contributed by atoms with Gasteiger partial charge in [-0.1, -0.05) is 72.1 Å². The third kappa shape index (κ3) is 10.4. The van der Waals surface area contributed by atoms with Gasteiger partial charge in [0.25, 0.3) is 0 Å². The summed E-state index contributed by atoms with van der Waals surface area (Å²) < 4.78 is 16.5. The minimum Gasteiger partial charge on any atom is -0.494 e. The lowest BCUT2D eigenvalue weighted by Crippen LogP contribution is -2.12. The van der Waals surface area contributed by atoms with Gasteiger partial charge in [0, 0.05) is 0 Å². The molecule has 5 heteroatoms. The molecule has 0 aliphatic rings. The van der Waals surface area contributed by atoms with Crippen LogP contribution in [-0.4, -0.2) is 25.2 Å². The molecule has 2 rings (SSSR count). The van der Waals surface area contributed by atoms with Crippen molar-refractivity contribution in [2.45, 2.75) is 78.6 Å². The molecule has 186 valence electrons. The Morgan fingerprint density at radius 1 is 0.706 bits per heavy atom. The minimum absolute atomic E-state index is 0.325. The van der Waals surface area contributed by atoms with Gasteiger partial charge >= 0.3 is 11.9 Å². The molecule has 0 spiro atoms. The van der Waals surface area contributed by atoms with Crippen molar-refractivity contribution in [3.8, 4) is 11.5 Å². The molecule has 5 nitrogen and oxygen atoms in total. The molecule has 1 atom stereocenters. The maximum absolute atomic E-state index is 12.4. The molecule has 0 aliphatic heterocycles. The monoisotopic (exact) mass is 468 g/mol. The molecule has 34 heavy (non-hydrogen) atoms. The van der Waals surface area contributed by atoms with E-state index in [0.717, 1.165) is 18.6 Å². The predicted molar refractivity (Wildman–Crippen MR) is 136 cm³/mol. The second kappa shape index (κ2) is 15.9. The van der Waals surface area contributed by atoms with E-state index in [1.807, 2.05) is 6.92 Å². The van der Waals surface area contributed by atoms with Crippen molar-refractivity contribution >= 4 is 11.9 Å². The molecule has 2 aromatic carbocycles. The largest absolute Gasteiger partial charge is 0.494 e. The highest BCUT2D eigenvalue weighted by Crippen LogP contribution is 2.18. The van der Waals surface area contributed by atoms with Crippen molar-refractivity contribution < 1.29 is 23.8 Å². The van der Waals surface area contributed by atoms with E-state index >= 15 is 0 Å². The molecule has 0 heterocycles. The number of rotatable bonds is 16. The molecule has 0 amide bonds. The minimum atomic E-state index is -0.457. The van der Waals surface area contributed by atoms with Gasteiger partial charge in [-0.25, -0.2) is 9.59 Å². The van der Waals surface area contributed by atoms with Crippen molar-refractivity contribution in [3.05, 3.63) is 59.7 Å². The predicted octanol–water partition coefficient (Wildman–Crippen LogP) is 7.63. The summed E-state index contributed by atoms with van der Waals surface area (Å²) >= 11 is 0. The van der Waals surface area contributed by atoms with Crippen molar-refractivity contribution in [1.82, 2.24) is 0 Å². The van der Waals surface area contributed by atoms with E-state index in [0.29, 0.717) is 36.0 Å². The van der Waals surface area contributed by atoms with Gasteiger partial charge in [-0.2, -0.15) is 0 Å². The average molecular weight is 469 g/mol. The SMILES string of the molecule is CCCCCCCCCCOc1ccc(C(=O)Oc2ccc(C(=O)OCC(C)CC)cc2)cc1. The Balaban J connectivity index is 1.70. The van der Waals surface area contributed by atoms with Crippen LogP contribution in [0.15, 0.2) is 48.5 Å². The van der Waals surface area contributed by atoms with Crippen LogP contribution in [0.4, 0.5) is 0 Å². The fourth-order valence-electron chi connectivity index (χ4n) is 3.36. The lowest BCUT2D eigenvalue weighted by atomic mass is 10.1. The highest BCUT2D eigenvalue weighted by Gasteiger charge is 2.12. The van der Waals surface area contributed by atoms with Crippen molar-refractivity contribution in [2.24, 2.45) is 5.92 Å². The van der Waals surface area contributed by atoms with Crippen LogP contribution in [-0.2, 0) is 4.74 Å². The lowest BCUT2D eigenvalue weighted by molar-refractivity contribution is 0.0447. The molecule has 0 bridgehead atoms. The Morgan fingerprint density at radius 2 is 1.24 bits per heavy atom. The standard InChI is InChI=1S/C29H40O5/c1-4-6-7-8-9-10-11-12-21-32-26-17-13-25(14-18-26)29(31)34-27-19-15-24(16-20-27)28(30)33-22-23(3)5-2/h13-20,23H,4-12,21-22H2,1-3H3. The summed E-state index contributed by atoms with van der Waals surface area (Å²) in [6, 6.07) is 13.4. The number of benzene rings is 2. The van der Waals surface area contributed by atoms with E-state index < -0.39 is 5.97 Å². The van der Waals surface area contributed by atoms with Crippen molar-refractivity contribution in [2.75, 3.05) is 13.2 Å². The van der Waals surface area contributed by atoms with Gasteiger partial charge in [-0.05, 0) is 60.9 Å². The van der Waals surface area contributed by atoms with Crippen LogP contribution in [0, 0.1) is 5.92 Å². The summed E-state index contributed by atoms with van der Waals surface area (Å²) in [6.07, 6.45) is 11.1. The summed E-state index contributed by atoms with van der Waals surface area (Å²) in [6.45, 7) is 7.41. The van der Waals surface area contributed by atoms with Crippen LogP contribution in [0.1, 0.15) is 99.3 Å². The number of hydrogen-bond donors (Lipinski definition) is 0. The van der Waals surface area contributed by atoms with E-state index in [4.69, 9.17) is 14.2 Å². The quantitative estimate of drug-likeness (QED) is 0.144. The molecule has 0 saturated carbocycles. The van der Waals surface area contributed by atoms with Crippen LogP contribution in [0.3, 0.4) is 0 Å². The number of hydrogen-bond acceptors (Lipinski definition) is 5. The van der Waals surface area contributed by atoms with E-state index in [1.165, 1.54) is 44.9 Å². The smallest absolute Gasteiger partial charge is 0.343 e. The van der Waals surface area contributed by atoms with E-state index in [9.17, 15) is 9.59 Å². The molecular formula is C29H40O5. The second-order valence-electron chi connectivity index (χ2n) is 8.87. The Morgan fingerprint density at radius 3 is 1.82 bits per heavy atom. The maximum atomic E-state index is 12.4. The van der Waals surface area contributed by atoms with Gasteiger partial charge in [0.2, 0.25) is 0 Å².